The van der Waals surface area contributed by atoms with E-state index in [-0.39, 0.29) is 18.4 Å². The van der Waals surface area contributed by atoms with Gasteiger partial charge >= 0.3 is 6.09 Å². The summed E-state index contributed by atoms with van der Waals surface area (Å²) in [6, 6.07) is 2.22. The number of nitriles is 1. The van der Waals surface area contributed by atoms with E-state index in [4.69, 9.17) is 14.7 Å². The molecule has 1 spiro atoms. The number of hydrogen-bond donors (Lipinski definition) is 1. The molecular formula is C25H40N4O4. The van der Waals surface area contributed by atoms with Crippen LogP contribution in [0.15, 0.2) is 0 Å². The highest BCUT2D eigenvalue weighted by molar-refractivity contribution is 5.84. The predicted octanol–water partition coefficient (Wildman–Crippen LogP) is 2.78. The third-order valence-corrected chi connectivity index (χ3v) is 8.72. The molecule has 4 aliphatic rings. The fraction of sp³-hybridized carbons (Fsp3) is 0.880. The molecule has 0 aromatic carbocycles. The summed E-state index contributed by atoms with van der Waals surface area (Å²) in [7, 11) is 0. The lowest BCUT2D eigenvalue weighted by Gasteiger charge is -2.41. The summed E-state index contributed by atoms with van der Waals surface area (Å²) in [4.78, 5) is 30.2. The molecule has 2 heterocycles. The zero-order chi connectivity index (χ0) is 23.4. The van der Waals surface area contributed by atoms with Crippen molar-refractivity contribution in [1.82, 2.24) is 15.1 Å². The van der Waals surface area contributed by atoms with Gasteiger partial charge in [-0.05, 0) is 68.2 Å². The molecule has 2 saturated heterocycles. The van der Waals surface area contributed by atoms with Crippen LogP contribution in [0.1, 0.15) is 58.8 Å². The van der Waals surface area contributed by atoms with Crippen molar-refractivity contribution in [3.63, 3.8) is 0 Å². The van der Waals surface area contributed by atoms with Crippen LogP contribution >= 0.6 is 0 Å². The van der Waals surface area contributed by atoms with E-state index in [1.54, 1.807) is 9.80 Å². The smallest absolute Gasteiger partial charge is 0.410 e. The second-order valence-electron chi connectivity index (χ2n) is 10.7. The Morgan fingerprint density at radius 3 is 2.52 bits per heavy atom. The van der Waals surface area contributed by atoms with Crippen LogP contribution in [0.25, 0.3) is 0 Å². The van der Waals surface area contributed by atoms with Crippen molar-refractivity contribution in [2.75, 3.05) is 45.9 Å². The molecule has 4 unspecified atom stereocenters. The normalized spacial score (nSPS) is 31.6. The number of nitrogens with zero attached hydrogens (tertiary/aromatic N) is 3. The molecule has 0 radical (unpaired) electrons. The van der Waals surface area contributed by atoms with Crippen molar-refractivity contribution in [2.24, 2.45) is 23.2 Å². The molecule has 0 aromatic heterocycles. The van der Waals surface area contributed by atoms with E-state index >= 15 is 0 Å². The van der Waals surface area contributed by atoms with Gasteiger partial charge in [0.1, 0.15) is 0 Å². The van der Waals surface area contributed by atoms with Crippen molar-refractivity contribution < 1.29 is 19.1 Å². The number of carbonyl (C=O) groups is 2. The standard InChI is InChI=1S/C25H40N4O4/c1-18-14-20(15-19(2)25(18)5-6-25)16-22(33-24(31)28-10-12-32-13-11-28)23(30)29(9-3-7-26)21-4-8-27-17-21/h18-22,27H,3-6,8-17H2,1-2H3. The summed E-state index contributed by atoms with van der Waals surface area (Å²) >= 11 is 0. The van der Waals surface area contributed by atoms with Gasteiger partial charge in [0, 0.05) is 32.2 Å². The molecule has 1 N–H and O–H groups in total. The lowest BCUT2D eigenvalue weighted by Crippen LogP contribution is -2.51. The van der Waals surface area contributed by atoms with Gasteiger partial charge in [0.2, 0.25) is 0 Å². The van der Waals surface area contributed by atoms with E-state index in [2.05, 4.69) is 25.2 Å². The van der Waals surface area contributed by atoms with Crippen LogP contribution < -0.4 is 5.32 Å². The van der Waals surface area contributed by atoms with Crippen molar-refractivity contribution in [1.29, 1.82) is 5.26 Å². The molecule has 8 nitrogen and oxygen atoms in total. The number of hydrogen-bond acceptors (Lipinski definition) is 6. The van der Waals surface area contributed by atoms with E-state index in [1.165, 1.54) is 12.8 Å². The minimum absolute atomic E-state index is 0.0503. The summed E-state index contributed by atoms with van der Waals surface area (Å²) in [5.41, 5.74) is 0.509. The zero-order valence-corrected chi connectivity index (χ0v) is 20.3. The van der Waals surface area contributed by atoms with E-state index in [9.17, 15) is 9.59 Å². The topological polar surface area (TPSA) is 94.9 Å². The molecule has 4 rings (SSSR count). The molecule has 4 fully saturated rings. The number of rotatable bonds is 7. The Hall–Kier alpha value is -1.85. The summed E-state index contributed by atoms with van der Waals surface area (Å²) in [5, 5.41) is 12.5. The SMILES string of the molecule is CC1CC(CC(OC(=O)N2CCOCC2)C(=O)N(CCC#N)C2CCNC2)CC(C)C12CC2. The third kappa shape index (κ3) is 5.46. The average Bonchev–Trinajstić information content (AvgIpc) is 3.45. The molecule has 33 heavy (non-hydrogen) atoms. The molecule has 0 bridgehead atoms. The maximum Gasteiger partial charge on any atom is 0.410 e. The minimum Gasteiger partial charge on any atom is -0.436 e. The first-order valence-corrected chi connectivity index (χ1v) is 12.9. The molecule has 0 aromatic rings. The van der Waals surface area contributed by atoms with Gasteiger partial charge in [0.25, 0.3) is 5.91 Å². The van der Waals surface area contributed by atoms with Gasteiger partial charge in [-0.25, -0.2) is 4.79 Å². The van der Waals surface area contributed by atoms with Crippen molar-refractivity contribution in [3.05, 3.63) is 0 Å². The van der Waals surface area contributed by atoms with Crippen LogP contribution in [0.2, 0.25) is 0 Å². The van der Waals surface area contributed by atoms with E-state index in [1.807, 2.05) is 0 Å². The van der Waals surface area contributed by atoms with Gasteiger partial charge in [-0.3, -0.25) is 4.79 Å². The summed E-state index contributed by atoms with van der Waals surface area (Å²) < 4.78 is 11.3. The van der Waals surface area contributed by atoms with Gasteiger partial charge in [0.05, 0.1) is 25.7 Å². The number of nitrogens with one attached hydrogen (secondary N) is 1. The molecule has 8 heteroatoms. The first-order valence-electron chi connectivity index (χ1n) is 12.9. The largest absolute Gasteiger partial charge is 0.436 e. The first-order chi connectivity index (χ1) is 15.9. The Balaban J connectivity index is 1.48. The van der Waals surface area contributed by atoms with Crippen LogP contribution in [0.4, 0.5) is 4.79 Å². The highest BCUT2D eigenvalue weighted by atomic mass is 16.6. The maximum absolute atomic E-state index is 13.8. The number of morpholine rings is 1. The van der Waals surface area contributed by atoms with Crippen LogP contribution in [0.3, 0.4) is 0 Å². The Morgan fingerprint density at radius 2 is 1.94 bits per heavy atom. The first kappa shape index (κ1) is 24.3. The molecule has 2 aliphatic carbocycles. The van der Waals surface area contributed by atoms with Gasteiger partial charge in [-0.1, -0.05) is 13.8 Å². The monoisotopic (exact) mass is 460 g/mol. The predicted molar refractivity (Wildman–Crippen MR) is 123 cm³/mol. The minimum atomic E-state index is -0.794. The van der Waals surface area contributed by atoms with E-state index in [0.29, 0.717) is 62.4 Å². The summed E-state index contributed by atoms with van der Waals surface area (Å²) in [6.07, 6.45) is 5.34. The second kappa shape index (κ2) is 10.6. The molecule has 4 atom stereocenters. The fourth-order valence-corrected chi connectivity index (χ4v) is 6.55. The lowest BCUT2D eigenvalue weighted by molar-refractivity contribution is -0.144. The quantitative estimate of drug-likeness (QED) is 0.628. The Kier molecular flexibility index (Phi) is 7.80. The van der Waals surface area contributed by atoms with Gasteiger partial charge in [-0.15, -0.1) is 0 Å². The number of ether oxygens (including phenoxy) is 2. The zero-order valence-electron chi connectivity index (χ0n) is 20.3. The van der Waals surface area contributed by atoms with Gasteiger partial charge in [-0.2, -0.15) is 5.26 Å². The Morgan fingerprint density at radius 1 is 1.24 bits per heavy atom. The second-order valence-corrected chi connectivity index (χ2v) is 10.7. The van der Waals surface area contributed by atoms with Crippen molar-refractivity contribution in [2.45, 2.75) is 70.9 Å². The van der Waals surface area contributed by atoms with Crippen LogP contribution in [-0.2, 0) is 14.3 Å². The highest BCUT2D eigenvalue weighted by Gasteiger charge is 2.54. The van der Waals surface area contributed by atoms with Crippen molar-refractivity contribution in [3.8, 4) is 6.07 Å². The summed E-state index contributed by atoms with van der Waals surface area (Å²) in [5.74, 6) is 1.52. The molecular weight excluding hydrogens is 420 g/mol. The lowest BCUT2D eigenvalue weighted by atomic mass is 9.65. The fourth-order valence-electron chi connectivity index (χ4n) is 6.55. The number of carbonyl (C=O) groups excluding carboxylic acids is 2. The van der Waals surface area contributed by atoms with Crippen LogP contribution in [0, 0.1) is 34.5 Å². The van der Waals surface area contributed by atoms with Gasteiger partial charge < -0.3 is 24.6 Å². The third-order valence-electron chi connectivity index (χ3n) is 8.72. The van der Waals surface area contributed by atoms with Crippen LogP contribution in [-0.4, -0.2) is 79.9 Å². The van der Waals surface area contributed by atoms with Crippen molar-refractivity contribution >= 4 is 12.0 Å². The summed E-state index contributed by atoms with van der Waals surface area (Å²) in [6.45, 7) is 8.65. The van der Waals surface area contributed by atoms with Gasteiger partial charge in [0.15, 0.2) is 6.10 Å². The molecule has 184 valence electrons. The van der Waals surface area contributed by atoms with Crippen LogP contribution in [0.5, 0.6) is 0 Å². The Bertz CT molecular complexity index is 723. The average molecular weight is 461 g/mol. The number of amides is 2. The maximum atomic E-state index is 13.8. The molecule has 2 amide bonds. The Labute approximate surface area is 197 Å². The molecule has 2 saturated carbocycles. The van der Waals surface area contributed by atoms with E-state index < -0.39 is 12.2 Å². The highest BCUT2D eigenvalue weighted by Crippen LogP contribution is 2.63. The van der Waals surface area contributed by atoms with E-state index in [0.717, 1.165) is 32.4 Å². The molecule has 2 aliphatic heterocycles.